The molecule has 3 rings (SSSR count). The Morgan fingerprint density at radius 1 is 1.29 bits per heavy atom. The van der Waals surface area contributed by atoms with Gasteiger partial charge in [0.15, 0.2) is 0 Å². The third-order valence-electron chi connectivity index (χ3n) is 4.86. The van der Waals surface area contributed by atoms with Crippen molar-refractivity contribution in [2.24, 2.45) is 5.92 Å². The van der Waals surface area contributed by atoms with E-state index >= 15 is 0 Å². The summed E-state index contributed by atoms with van der Waals surface area (Å²) in [6.07, 6.45) is 5.88. The Morgan fingerprint density at radius 3 is 2.81 bits per heavy atom. The summed E-state index contributed by atoms with van der Waals surface area (Å²) < 4.78 is 0. The average Bonchev–Trinajstić information content (AvgIpc) is 2.90. The summed E-state index contributed by atoms with van der Waals surface area (Å²) in [5.74, 6) is -1.18. The van der Waals surface area contributed by atoms with Crippen LogP contribution in [-0.4, -0.2) is 34.5 Å². The van der Waals surface area contributed by atoms with E-state index in [2.05, 4.69) is 0 Å². The van der Waals surface area contributed by atoms with Crippen molar-refractivity contribution in [2.75, 3.05) is 6.54 Å². The highest BCUT2D eigenvalue weighted by Gasteiger charge is 2.36. The van der Waals surface area contributed by atoms with E-state index < -0.39 is 11.9 Å². The summed E-state index contributed by atoms with van der Waals surface area (Å²) in [6.45, 7) is 2.54. The minimum Gasteiger partial charge on any atom is -0.481 e. The van der Waals surface area contributed by atoms with Crippen molar-refractivity contribution >= 4 is 23.2 Å². The lowest BCUT2D eigenvalue weighted by molar-refractivity contribution is -0.144. The van der Waals surface area contributed by atoms with Crippen molar-refractivity contribution in [3.05, 3.63) is 21.4 Å². The molecular formula is C16H21NO3S. The number of carboxylic acids is 1. The summed E-state index contributed by atoms with van der Waals surface area (Å²) in [5, 5.41) is 11.3. The molecule has 0 bridgehead atoms. The van der Waals surface area contributed by atoms with Crippen LogP contribution < -0.4 is 0 Å². The van der Waals surface area contributed by atoms with Crippen LogP contribution in [0.4, 0.5) is 0 Å². The Balaban J connectivity index is 1.84. The summed E-state index contributed by atoms with van der Waals surface area (Å²) >= 11 is 1.69. The first-order valence-corrected chi connectivity index (χ1v) is 8.60. The molecular weight excluding hydrogens is 286 g/mol. The number of carbonyl (C=O) groups excluding carboxylic acids is 1. The number of aliphatic carboxylic acids is 1. The van der Waals surface area contributed by atoms with Crippen molar-refractivity contribution in [3.63, 3.8) is 0 Å². The molecule has 0 spiro atoms. The van der Waals surface area contributed by atoms with Gasteiger partial charge in [-0.3, -0.25) is 9.59 Å². The van der Waals surface area contributed by atoms with Crippen LogP contribution in [0, 0.1) is 5.92 Å². The minimum atomic E-state index is -0.785. The molecule has 1 aliphatic heterocycles. The topological polar surface area (TPSA) is 57.6 Å². The number of fused-ring (bicyclic) bond motifs is 1. The molecule has 114 valence electrons. The number of hydrogen-bond acceptors (Lipinski definition) is 3. The number of nitrogens with zero attached hydrogens (tertiary/aromatic N) is 1. The molecule has 0 aromatic carbocycles. The van der Waals surface area contributed by atoms with Crippen LogP contribution >= 0.6 is 11.3 Å². The second-order valence-corrected chi connectivity index (χ2v) is 7.05. The first kappa shape index (κ1) is 14.6. The standard InChI is InChI=1S/C16H21NO3S/c1-10-11(16(19)20)6-4-8-17(10)15(18)13-9-21-14-7-3-2-5-12(13)14/h9-11H,2-8H2,1H3,(H,19,20)/t10-,11-/m1/s1. The first-order valence-electron chi connectivity index (χ1n) is 7.72. The van der Waals surface area contributed by atoms with Crippen LogP contribution in [0.1, 0.15) is 53.4 Å². The fourth-order valence-electron chi connectivity index (χ4n) is 3.59. The molecule has 4 nitrogen and oxygen atoms in total. The van der Waals surface area contributed by atoms with Gasteiger partial charge in [-0.25, -0.2) is 0 Å². The van der Waals surface area contributed by atoms with Gasteiger partial charge in [0.2, 0.25) is 0 Å². The van der Waals surface area contributed by atoms with E-state index in [1.165, 1.54) is 16.9 Å². The number of thiophene rings is 1. The van der Waals surface area contributed by atoms with Gasteiger partial charge >= 0.3 is 5.97 Å². The molecule has 1 saturated heterocycles. The molecule has 2 aliphatic rings. The van der Waals surface area contributed by atoms with Gasteiger partial charge in [-0.05, 0) is 51.0 Å². The molecule has 0 saturated carbocycles. The number of carboxylic acid groups (broad SMARTS) is 1. The van der Waals surface area contributed by atoms with E-state index in [9.17, 15) is 14.7 Å². The lowest BCUT2D eigenvalue weighted by Gasteiger charge is -2.37. The van der Waals surface area contributed by atoms with Gasteiger partial charge in [0, 0.05) is 22.8 Å². The molecule has 1 aromatic heterocycles. The number of rotatable bonds is 2. The Kier molecular flexibility index (Phi) is 4.02. The van der Waals surface area contributed by atoms with Crippen LogP contribution in [0.2, 0.25) is 0 Å². The van der Waals surface area contributed by atoms with Crippen LogP contribution in [0.25, 0.3) is 0 Å². The smallest absolute Gasteiger partial charge is 0.308 e. The number of piperidine rings is 1. The summed E-state index contributed by atoms with van der Waals surface area (Å²) in [5.41, 5.74) is 2.05. The molecule has 1 fully saturated rings. The Bertz CT molecular complexity index is 566. The monoisotopic (exact) mass is 307 g/mol. The number of amides is 1. The van der Waals surface area contributed by atoms with Crippen molar-refractivity contribution in [2.45, 2.75) is 51.5 Å². The van der Waals surface area contributed by atoms with Gasteiger partial charge < -0.3 is 10.0 Å². The van der Waals surface area contributed by atoms with Crippen LogP contribution in [0.3, 0.4) is 0 Å². The van der Waals surface area contributed by atoms with Crippen LogP contribution in [-0.2, 0) is 17.6 Å². The predicted octanol–water partition coefficient (Wildman–Crippen LogP) is 2.95. The number of hydrogen-bond donors (Lipinski definition) is 1. The Hall–Kier alpha value is -1.36. The average molecular weight is 307 g/mol. The molecule has 1 N–H and O–H groups in total. The van der Waals surface area contributed by atoms with Crippen LogP contribution in [0.15, 0.2) is 5.38 Å². The zero-order chi connectivity index (χ0) is 15.0. The van der Waals surface area contributed by atoms with Crippen molar-refractivity contribution in [1.82, 2.24) is 4.90 Å². The van der Waals surface area contributed by atoms with Crippen molar-refractivity contribution < 1.29 is 14.7 Å². The van der Waals surface area contributed by atoms with Crippen LogP contribution in [0.5, 0.6) is 0 Å². The number of likely N-dealkylation sites (tertiary alicyclic amines) is 1. The fourth-order valence-corrected chi connectivity index (χ4v) is 4.71. The quantitative estimate of drug-likeness (QED) is 0.914. The molecule has 0 unspecified atom stereocenters. The first-order chi connectivity index (χ1) is 10.1. The Morgan fingerprint density at radius 2 is 2.05 bits per heavy atom. The van der Waals surface area contributed by atoms with Gasteiger partial charge in [-0.1, -0.05) is 0 Å². The Labute approximate surface area is 128 Å². The molecule has 2 atom stereocenters. The van der Waals surface area contributed by atoms with Gasteiger partial charge in [0.25, 0.3) is 5.91 Å². The van der Waals surface area contributed by atoms with E-state index in [-0.39, 0.29) is 11.9 Å². The molecule has 2 heterocycles. The van der Waals surface area contributed by atoms with Gasteiger partial charge in [-0.15, -0.1) is 11.3 Å². The van der Waals surface area contributed by atoms with E-state index in [0.29, 0.717) is 13.0 Å². The summed E-state index contributed by atoms with van der Waals surface area (Å²) in [6, 6.07) is -0.220. The highest BCUT2D eigenvalue weighted by molar-refractivity contribution is 7.10. The summed E-state index contributed by atoms with van der Waals surface area (Å²) in [4.78, 5) is 27.3. The summed E-state index contributed by atoms with van der Waals surface area (Å²) in [7, 11) is 0. The van der Waals surface area contributed by atoms with Gasteiger partial charge in [0.1, 0.15) is 0 Å². The lowest BCUT2D eigenvalue weighted by atomic mass is 9.89. The largest absolute Gasteiger partial charge is 0.481 e. The zero-order valence-corrected chi connectivity index (χ0v) is 13.1. The molecule has 1 amide bonds. The van der Waals surface area contributed by atoms with E-state index in [4.69, 9.17) is 0 Å². The second-order valence-electron chi connectivity index (χ2n) is 6.08. The molecule has 1 aromatic rings. The lowest BCUT2D eigenvalue weighted by Crippen LogP contribution is -2.49. The molecule has 5 heteroatoms. The maximum atomic E-state index is 12.9. The zero-order valence-electron chi connectivity index (χ0n) is 12.3. The van der Waals surface area contributed by atoms with E-state index in [0.717, 1.165) is 31.2 Å². The molecule has 1 aliphatic carbocycles. The minimum absolute atomic E-state index is 0.0350. The van der Waals surface area contributed by atoms with Gasteiger partial charge in [0.05, 0.1) is 11.5 Å². The SMILES string of the molecule is C[C@@H]1[C@H](C(=O)O)CCCN1C(=O)c1csc2c1CCCC2. The maximum Gasteiger partial charge on any atom is 0.308 e. The van der Waals surface area contributed by atoms with Gasteiger partial charge in [-0.2, -0.15) is 0 Å². The number of aryl methyl sites for hydroxylation is 1. The highest BCUT2D eigenvalue weighted by atomic mass is 32.1. The third kappa shape index (κ3) is 2.59. The fraction of sp³-hybridized carbons (Fsp3) is 0.625. The van der Waals surface area contributed by atoms with E-state index in [1.807, 2.05) is 12.3 Å². The predicted molar refractivity (Wildman–Crippen MR) is 81.8 cm³/mol. The number of carbonyl (C=O) groups is 2. The third-order valence-corrected chi connectivity index (χ3v) is 5.95. The highest BCUT2D eigenvalue weighted by Crippen LogP contribution is 2.33. The van der Waals surface area contributed by atoms with E-state index in [1.54, 1.807) is 16.2 Å². The maximum absolute atomic E-state index is 12.9. The normalized spacial score (nSPS) is 25.5. The molecule has 0 radical (unpaired) electrons. The molecule has 21 heavy (non-hydrogen) atoms. The van der Waals surface area contributed by atoms with Crippen molar-refractivity contribution in [3.8, 4) is 0 Å². The second kappa shape index (κ2) is 5.79. The van der Waals surface area contributed by atoms with Crippen molar-refractivity contribution in [1.29, 1.82) is 0 Å².